The zero-order valence-electron chi connectivity index (χ0n) is 18.5. The third-order valence-corrected chi connectivity index (χ3v) is 8.29. The molecule has 2 fully saturated rings. The maximum Gasteiger partial charge on any atom is 0.243 e. The molecule has 2 aliphatic heterocycles. The van der Waals surface area contributed by atoms with Gasteiger partial charge in [0, 0.05) is 45.3 Å². The molecule has 1 N–H and O–H groups in total. The number of nitrogens with one attached hydrogen (secondary N) is 1. The van der Waals surface area contributed by atoms with Crippen molar-refractivity contribution < 1.29 is 13.2 Å². The first-order valence-electron chi connectivity index (χ1n) is 11.1. The van der Waals surface area contributed by atoms with Gasteiger partial charge in [-0.05, 0) is 37.9 Å². The highest BCUT2D eigenvalue weighted by Crippen LogP contribution is 2.25. The summed E-state index contributed by atoms with van der Waals surface area (Å²) in [4.78, 5) is 18.1. The van der Waals surface area contributed by atoms with Crippen LogP contribution >= 0.6 is 0 Å². The van der Waals surface area contributed by atoms with Gasteiger partial charge in [0.05, 0.1) is 4.90 Å². The number of benzene rings is 1. The topological polar surface area (TPSA) is 73.0 Å². The summed E-state index contributed by atoms with van der Waals surface area (Å²) in [6, 6.07) is 8.05. The first-order chi connectivity index (χ1) is 14.3. The van der Waals surface area contributed by atoms with Crippen LogP contribution in [0.15, 0.2) is 35.2 Å². The fourth-order valence-corrected chi connectivity index (χ4v) is 6.12. The van der Waals surface area contributed by atoms with E-state index in [2.05, 4.69) is 36.0 Å². The lowest BCUT2D eigenvalue weighted by Gasteiger charge is -2.40. The molecule has 0 radical (unpaired) electrons. The van der Waals surface area contributed by atoms with Gasteiger partial charge in [0.15, 0.2) is 0 Å². The molecule has 168 valence electrons. The molecule has 2 heterocycles. The van der Waals surface area contributed by atoms with Crippen LogP contribution in [0.4, 0.5) is 0 Å². The molecule has 0 spiro atoms. The predicted molar refractivity (Wildman–Crippen MR) is 119 cm³/mol. The molecule has 7 nitrogen and oxygen atoms in total. The minimum atomic E-state index is -3.68. The fraction of sp³-hybridized carbons (Fsp3) is 0.682. The smallest absolute Gasteiger partial charge is 0.243 e. The van der Waals surface area contributed by atoms with E-state index in [1.54, 1.807) is 30.3 Å². The largest absolute Gasteiger partial charge is 0.353 e. The molecule has 2 atom stereocenters. The number of hydrogen-bond acceptors (Lipinski definition) is 5. The van der Waals surface area contributed by atoms with Crippen LogP contribution in [0.2, 0.25) is 0 Å². The minimum absolute atomic E-state index is 0.172. The van der Waals surface area contributed by atoms with Gasteiger partial charge in [-0.25, -0.2) is 8.42 Å². The highest BCUT2D eigenvalue weighted by molar-refractivity contribution is 7.89. The van der Waals surface area contributed by atoms with Crippen molar-refractivity contribution in [3.8, 4) is 0 Å². The predicted octanol–water partition coefficient (Wildman–Crippen LogP) is 1.62. The Morgan fingerprint density at radius 1 is 1.07 bits per heavy atom. The number of nitrogens with zero attached hydrogens (tertiary/aromatic N) is 3. The van der Waals surface area contributed by atoms with Crippen molar-refractivity contribution in [2.75, 3.05) is 46.3 Å². The summed E-state index contributed by atoms with van der Waals surface area (Å²) in [6.45, 7) is 9.35. The van der Waals surface area contributed by atoms with Gasteiger partial charge in [-0.3, -0.25) is 9.69 Å². The molecule has 0 bridgehead atoms. The molecule has 0 aromatic heterocycles. The van der Waals surface area contributed by atoms with Crippen LogP contribution in [-0.2, 0) is 14.8 Å². The van der Waals surface area contributed by atoms with Crippen LogP contribution in [0.25, 0.3) is 0 Å². The van der Waals surface area contributed by atoms with Crippen LogP contribution in [0, 0.1) is 5.92 Å². The third-order valence-electron chi connectivity index (χ3n) is 6.37. The summed E-state index contributed by atoms with van der Waals surface area (Å²) in [7, 11) is -1.55. The Morgan fingerprint density at radius 2 is 1.73 bits per heavy atom. The Bertz CT molecular complexity index is 792. The summed E-state index contributed by atoms with van der Waals surface area (Å²) >= 11 is 0. The highest BCUT2D eigenvalue weighted by atomic mass is 32.2. The van der Waals surface area contributed by atoms with E-state index in [1.807, 2.05) is 0 Å². The number of piperazine rings is 1. The number of likely N-dealkylation sites (N-methyl/N-ethyl adjacent to an activating group) is 1. The summed E-state index contributed by atoms with van der Waals surface area (Å²) in [6.07, 6.45) is 2.22. The molecule has 2 aliphatic rings. The van der Waals surface area contributed by atoms with Crippen molar-refractivity contribution in [3.63, 3.8) is 0 Å². The maximum atomic E-state index is 13.2. The minimum Gasteiger partial charge on any atom is -0.353 e. The SMILES string of the molecule is CC(C)C(CNC(=O)C1CCCCN1S(=O)(=O)c1ccccc1)N1CCN(C)CC1. The van der Waals surface area contributed by atoms with E-state index in [0.29, 0.717) is 25.4 Å². The molecule has 30 heavy (non-hydrogen) atoms. The number of sulfonamides is 1. The van der Waals surface area contributed by atoms with Crippen LogP contribution in [0.3, 0.4) is 0 Å². The molecular weight excluding hydrogens is 400 g/mol. The van der Waals surface area contributed by atoms with E-state index in [1.165, 1.54) is 4.31 Å². The van der Waals surface area contributed by atoms with Gasteiger partial charge >= 0.3 is 0 Å². The lowest BCUT2D eigenvalue weighted by molar-refractivity contribution is -0.126. The number of rotatable bonds is 7. The van der Waals surface area contributed by atoms with Crippen molar-refractivity contribution in [2.45, 2.75) is 50.1 Å². The average Bonchev–Trinajstić information content (AvgIpc) is 2.75. The quantitative estimate of drug-likeness (QED) is 0.703. The van der Waals surface area contributed by atoms with Crippen molar-refractivity contribution in [3.05, 3.63) is 30.3 Å². The lowest BCUT2D eigenvalue weighted by Crippen LogP contribution is -2.57. The first-order valence-corrected chi connectivity index (χ1v) is 12.5. The van der Waals surface area contributed by atoms with Crippen molar-refractivity contribution in [2.24, 2.45) is 5.92 Å². The van der Waals surface area contributed by atoms with Gasteiger partial charge in [-0.1, -0.05) is 38.5 Å². The number of amides is 1. The summed E-state index contributed by atoms with van der Waals surface area (Å²) in [5, 5.41) is 3.10. The van der Waals surface area contributed by atoms with Gasteiger partial charge in [0.2, 0.25) is 15.9 Å². The van der Waals surface area contributed by atoms with Gasteiger partial charge in [0.1, 0.15) is 6.04 Å². The van der Waals surface area contributed by atoms with Crippen LogP contribution in [0.1, 0.15) is 33.1 Å². The molecule has 0 saturated carbocycles. The van der Waals surface area contributed by atoms with Crippen molar-refractivity contribution >= 4 is 15.9 Å². The molecule has 1 amide bonds. The molecule has 1 aromatic carbocycles. The van der Waals surface area contributed by atoms with Crippen LogP contribution in [-0.4, -0.2) is 86.8 Å². The first kappa shape index (κ1) is 23.2. The second-order valence-electron chi connectivity index (χ2n) is 8.84. The monoisotopic (exact) mass is 436 g/mol. The normalized spacial score (nSPS) is 23.4. The van der Waals surface area contributed by atoms with Gasteiger partial charge < -0.3 is 10.2 Å². The summed E-state index contributed by atoms with van der Waals surface area (Å²) in [5.41, 5.74) is 0. The molecule has 2 unspecified atom stereocenters. The van der Waals surface area contributed by atoms with Gasteiger partial charge in [-0.2, -0.15) is 4.31 Å². The second-order valence-corrected chi connectivity index (χ2v) is 10.7. The van der Waals surface area contributed by atoms with E-state index in [0.717, 1.165) is 39.0 Å². The Hall–Kier alpha value is -1.48. The molecular formula is C22H36N4O3S. The van der Waals surface area contributed by atoms with E-state index in [-0.39, 0.29) is 16.8 Å². The Kier molecular flexibility index (Phi) is 7.90. The third kappa shape index (κ3) is 5.41. The number of carbonyl (C=O) groups is 1. The number of carbonyl (C=O) groups excluding carboxylic acids is 1. The Balaban J connectivity index is 1.68. The van der Waals surface area contributed by atoms with E-state index in [4.69, 9.17) is 0 Å². The lowest BCUT2D eigenvalue weighted by atomic mass is 10.0. The highest BCUT2D eigenvalue weighted by Gasteiger charge is 2.38. The standard InChI is InChI=1S/C22H36N4O3S/c1-18(2)21(25-15-13-24(3)14-16-25)17-23-22(27)20-11-7-8-12-26(20)30(28,29)19-9-5-4-6-10-19/h4-6,9-10,18,20-21H,7-8,11-17H2,1-3H3,(H,23,27). The molecule has 3 rings (SSSR count). The molecule has 0 aliphatic carbocycles. The Morgan fingerprint density at radius 3 is 2.37 bits per heavy atom. The summed E-state index contributed by atoms with van der Waals surface area (Å²) in [5.74, 6) is 0.234. The van der Waals surface area contributed by atoms with Crippen molar-refractivity contribution in [1.29, 1.82) is 0 Å². The maximum absolute atomic E-state index is 13.2. The Labute approximate surface area is 181 Å². The zero-order chi connectivity index (χ0) is 21.7. The van der Waals surface area contributed by atoms with Crippen LogP contribution in [0.5, 0.6) is 0 Å². The van der Waals surface area contributed by atoms with E-state index in [9.17, 15) is 13.2 Å². The molecule has 1 aromatic rings. The number of hydrogen-bond donors (Lipinski definition) is 1. The fourth-order valence-electron chi connectivity index (χ4n) is 4.45. The van der Waals surface area contributed by atoms with Crippen LogP contribution < -0.4 is 5.32 Å². The second kappa shape index (κ2) is 10.2. The molecule has 2 saturated heterocycles. The summed E-state index contributed by atoms with van der Waals surface area (Å²) < 4.78 is 27.7. The van der Waals surface area contributed by atoms with E-state index >= 15 is 0 Å². The van der Waals surface area contributed by atoms with Gasteiger partial charge in [0.25, 0.3) is 0 Å². The molecule has 8 heteroatoms. The van der Waals surface area contributed by atoms with E-state index < -0.39 is 16.1 Å². The zero-order valence-corrected chi connectivity index (χ0v) is 19.3. The number of piperidine rings is 1. The average molecular weight is 437 g/mol. The van der Waals surface area contributed by atoms with Crippen molar-refractivity contribution in [1.82, 2.24) is 19.4 Å². The van der Waals surface area contributed by atoms with Gasteiger partial charge in [-0.15, -0.1) is 0 Å².